The molecule has 5 nitrogen and oxygen atoms in total. The van der Waals surface area contributed by atoms with E-state index in [-0.39, 0.29) is 0 Å². The number of anilines is 2. The highest BCUT2D eigenvalue weighted by Gasteiger charge is 2.22. The third-order valence-electron chi connectivity index (χ3n) is 3.97. The number of para-hydroxylation sites is 1. The van der Waals surface area contributed by atoms with Gasteiger partial charge in [0.25, 0.3) is 0 Å². The molecule has 2 aromatic rings. The van der Waals surface area contributed by atoms with Gasteiger partial charge in [-0.25, -0.2) is 9.97 Å². The first kappa shape index (κ1) is 14.1. The monoisotopic (exact) mass is 321 g/mol. The minimum atomic E-state index is 0.564. The Bertz CT molecular complexity index is 791. The lowest BCUT2D eigenvalue weighted by atomic mass is 10.2. The highest BCUT2D eigenvalue weighted by atomic mass is 32.2. The Hall–Kier alpha value is -2.52. The van der Waals surface area contributed by atoms with Crippen LogP contribution in [0.1, 0.15) is 18.5 Å². The molecule has 1 N–H and O–H groups in total. The number of hydrogen-bond donors (Lipinski definition) is 1. The second-order valence-corrected chi connectivity index (χ2v) is 6.53. The van der Waals surface area contributed by atoms with E-state index in [1.807, 2.05) is 24.3 Å². The second kappa shape index (κ2) is 5.94. The maximum absolute atomic E-state index is 9.64. The molecule has 1 aromatic carbocycles. The van der Waals surface area contributed by atoms with Gasteiger partial charge in [-0.3, -0.25) is 0 Å². The summed E-state index contributed by atoms with van der Waals surface area (Å²) in [6.07, 6.45) is 4.08. The van der Waals surface area contributed by atoms with E-state index < -0.39 is 0 Å². The highest BCUT2D eigenvalue weighted by Crippen LogP contribution is 2.43. The molecule has 1 fully saturated rings. The maximum Gasteiger partial charge on any atom is 0.225 e. The summed E-state index contributed by atoms with van der Waals surface area (Å²) in [7, 11) is 0. The van der Waals surface area contributed by atoms with Crippen LogP contribution in [0.15, 0.2) is 46.5 Å². The van der Waals surface area contributed by atoms with Crippen molar-refractivity contribution in [3.63, 3.8) is 0 Å². The van der Waals surface area contributed by atoms with Crippen LogP contribution in [0.3, 0.4) is 0 Å². The second-order valence-electron chi connectivity index (χ2n) is 5.48. The van der Waals surface area contributed by atoms with Crippen molar-refractivity contribution in [2.45, 2.75) is 17.7 Å². The summed E-state index contributed by atoms with van der Waals surface area (Å²) >= 11 is 1.57. The molecule has 1 aromatic heterocycles. The summed E-state index contributed by atoms with van der Waals surface area (Å²) in [5, 5.41) is 13.8. The summed E-state index contributed by atoms with van der Waals surface area (Å²) in [5.74, 6) is 0.717. The van der Waals surface area contributed by atoms with Gasteiger partial charge in [0.05, 0.1) is 16.4 Å². The van der Waals surface area contributed by atoms with Crippen molar-refractivity contribution in [2.24, 2.45) is 0 Å². The zero-order chi connectivity index (χ0) is 15.6. The number of hydrogen-bond acceptors (Lipinski definition) is 6. The average Bonchev–Trinajstić information content (AvgIpc) is 3.25. The quantitative estimate of drug-likeness (QED) is 0.854. The van der Waals surface area contributed by atoms with Crippen LogP contribution < -0.4 is 10.2 Å². The van der Waals surface area contributed by atoms with Crippen molar-refractivity contribution >= 4 is 29.0 Å². The van der Waals surface area contributed by atoms with Gasteiger partial charge in [0.2, 0.25) is 5.95 Å². The van der Waals surface area contributed by atoms with Gasteiger partial charge in [-0.1, -0.05) is 23.9 Å². The van der Waals surface area contributed by atoms with Gasteiger partial charge < -0.3 is 10.2 Å². The lowest BCUT2D eigenvalue weighted by Gasteiger charge is -2.15. The first-order valence-corrected chi connectivity index (χ1v) is 8.43. The predicted octanol–water partition coefficient (Wildman–Crippen LogP) is 3.49. The molecule has 0 amide bonds. The van der Waals surface area contributed by atoms with Crippen molar-refractivity contribution < 1.29 is 0 Å². The first-order valence-electron chi connectivity index (χ1n) is 7.62. The van der Waals surface area contributed by atoms with Crippen LogP contribution in [0.5, 0.6) is 0 Å². The normalized spacial score (nSPS) is 18.3. The number of rotatable bonds is 2. The van der Waals surface area contributed by atoms with E-state index in [1.165, 1.54) is 12.8 Å². The number of aromatic nitrogens is 2. The summed E-state index contributed by atoms with van der Waals surface area (Å²) in [5.41, 5.74) is 2.27. The van der Waals surface area contributed by atoms with Crippen molar-refractivity contribution in [3.05, 3.63) is 47.3 Å². The molecule has 0 atom stereocenters. The summed E-state index contributed by atoms with van der Waals surface area (Å²) < 4.78 is 0. The Labute approximate surface area is 139 Å². The van der Waals surface area contributed by atoms with Crippen LogP contribution in [0.2, 0.25) is 0 Å². The third-order valence-corrected chi connectivity index (χ3v) is 5.06. The first-order chi connectivity index (χ1) is 11.3. The molecular formula is C17H15N5S. The lowest BCUT2D eigenvalue weighted by Crippen LogP contribution is -2.20. The SMILES string of the molecule is N#C/C(=C1/Nc2ccccc2S1)c1ccnc(N2CCCC2)n1. The fraction of sp³-hybridized carbons (Fsp3) is 0.235. The van der Waals surface area contributed by atoms with Gasteiger partial charge in [0.1, 0.15) is 11.6 Å². The molecule has 0 unspecified atom stereocenters. The van der Waals surface area contributed by atoms with Crippen LogP contribution in [-0.2, 0) is 0 Å². The Kier molecular flexibility index (Phi) is 3.64. The smallest absolute Gasteiger partial charge is 0.225 e. The summed E-state index contributed by atoms with van der Waals surface area (Å²) in [6.45, 7) is 1.97. The molecule has 23 heavy (non-hydrogen) atoms. The predicted molar refractivity (Wildman–Crippen MR) is 91.9 cm³/mol. The Morgan fingerprint density at radius 1 is 1.22 bits per heavy atom. The van der Waals surface area contributed by atoms with E-state index in [1.54, 1.807) is 24.0 Å². The van der Waals surface area contributed by atoms with Crippen LogP contribution >= 0.6 is 11.8 Å². The molecule has 0 bridgehead atoms. The fourth-order valence-corrected chi connectivity index (χ4v) is 3.82. The molecular weight excluding hydrogens is 306 g/mol. The largest absolute Gasteiger partial charge is 0.348 e. The molecule has 1 saturated heterocycles. The van der Waals surface area contributed by atoms with Crippen molar-refractivity contribution in [3.8, 4) is 6.07 Å². The molecule has 3 heterocycles. The number of nitrogens with one attached hydrogen (secondary N) is 1. The molecule has 4 rings (SSSR count). The van der Waals surface area contributed by atoms with Crippen LogP contribution in [-0.4, -0.2) is 23.1 Å². The molecule has 0 radical (unpaired) electrons. The summed E-state index contributed by atoms with van der Waals surface area (Å²) in [4.78, 5) is 12.3. The molecule has 6 heteroatoms. The lowest BCUT2D eigenvalue weighted by molar-refractivity contribution is 0.895. The topological polar surface area (TPSA) is 64.8 Å². The van der Waals surface area contributed by atoms with E-state index in [0.717, 1.165) is 28.7 Å². The van der Waals surface area contributed by atoms with E-state index in [0.29, 0.717) is 17.2 Å². The van der Waals surface area contributed by atoms with E-state index in [4.69, 9.17) is 0 Å². The molecule has 2 aliphatic heterocycles. The van der Waals surface area contributed by atoms with E-state index in [2.05, 4.69) is 26.3 Å². The Morgan fingerprint density at radius 2 is 2.04 bits per heavy atom. The zero-order valence-corrected chi connectivity index (χ0v) is 13.3. The minimum absolute atomic E-state index is 0.564. The Balaban J connectivity index is 1.70. The fourth-order valence-electron chi connectivity index (χ4n) is 2.81. The van der Waals surface area contributed by atoms with Gasteiger partial charge in [-0.2, -0.15) is 5.26 Å². The van der Waals surface area contributed by atoms with Gasteiger partial charge in [0.15, 0.2) is 0 Å². The molecule has 114 valence electrons. The minimum Gasteiger partial charge on any atom is -0.348 e. The third kappa shape index (κ3) is 2.64. The highest BCUT2D eigenvalue weighted by molar-refractivity contribution is 8.04. The van der Waals surface area contributed by atoms with Gasteiger partial charge in [-0.15, -0.1) is 0 Å². The number of nitriles is 1. The molecule has 0 spiro atoms. The summed E-state index contributed by atoms with van der Waals surface area (Å²) in [6, 6.07) is 12.1. The molecule has 2 aliphatic rings. The maximum atomic E-state index is 9.64. The van der Waals surface area contributed by atoms with E-state index >= 15 is 0 Å². The Morgan fingerprint density at radius 3 is 2.83 bits per heavy atom. The van der Waals surface area contributed by atoms with Gasteiger partial charge in [0, 0.05) is 24.2 Å². The van der Waals surface area contributed by atoms with Crippen molar-refractivity contribution in [1.29, 1.82) is 5.26 Å². The number of fused-ring (bicyclic) bond motifs is 1. The van der Waals surface area contributed by atoms with Crippen LogP contribution in [0, 0.1) is 11.3 Å². The number of allylic oxidation sites excluding steroid dienone is 1. The molecule has 0 saturated carbocycles. The van der Waals surface area contributed by atoms with Crippen molar-refractivity contribution in [1.82, 2.24) is 9.97 Å². The van der Waals surface area contributed by atoms with E-state index in [9.17, 15) is 5.26 Å². The number of thioether (sulfide) groups is 1. The van der Waals surface area contributed by atoms with Crippen LogP contribution in [0.25, 0.3) is 5.57 Å². The number of benzene rings is 1. The number of nitrogens with zero attached hydrogens (tertiary/aromatic N) is 4. The van der Waals surface area contributed by atoms with Gasteiger partial charge >= 0.3 is 0 Å². The zero-order valence-electron chi connectivity index (χ0n) is 12.5. The molecule has 0 aliphatic carbocycles. The van der Waals surface area contributed by atoms with Crippen molar-refractivity contribution in [2.75, 3.05) is 23.3 Å². The van der Waals surface area contributed by atoms with Crippen LogP contribution in [0.4, 0.5) is 11.6 Å². The standard InChI is InChI=1S/C17H15N5S/c18-11-12(16-20-14-5-1-2-6-15(14)23-16)13-7-8-19-17(21-13)22-9-3-4-10-22/h1-2,5-8,20H,3-4,9-10H2/b16-12+. The average molecular weight is 321 g/mol. The van der Waals surface area contributed by atoms with Gasteiger partial charge in [-0.05, 0) is 31.0 Å².